The lowest BCUT2D eigenvalue weighted by Crippen LogP contribution is -2.27. The molecule has 0 fully saturated rings. The van der Waals surface area contributed by atoms with Gasteiger partial charge < -0.3 is 9.53 Å². The van der Waals surface area contributed by atoms with Crippen molar-refractivity contribution < 1.29 is 18.7 Å². The van der Waals surface area contributed by atoms with E-state index in [1.807, 2.05) is 0 Å². The first kappa shape index (κ1) is 14.2. The van der Waals surface area contributed by atoms with Gasteiger partial charge in [-0.3, -0.25) is 5.32 Å². The van der Waals surface area contributed by atoms with Gasteiger partial charge in [0.15, 0.2) is 0 Å². The third-order valence-electron chi connectivity index (χ3n) is 1.99. The molecule has 4 nitrogen and oxygen atoms in total. The van der Waals surface area contributed by atoms with Crippen LogP contribution in [0.5, 0.6) is 0 Å². The summed E-state index contributed by atoms with van der Waals surface area (Å²) < 4.78 is 18.3. The van der Waals surface area contributed by atoms with E-state index in [9.17, 15) is 14.0 Å². The molecule has 0 unspecified atom stereocenters. The number of hydrogen-bond acceptors (Lipinski definition) is 3. The van der Waals surface area contributed by atoms with Crippen molar-refractivity contribution in [3.8, 4) is 0 Å². The summed E-state index contributed by atoms with van der Waals surface area (Å²) in [5.41, 5.74) is 0.0245. The van der Waals surface area contributed by atoms with Crippen molar-refractivity contribution in [1.82, 2.24) is 0 Å². The number of anilines is 1. The van der Waals surface area contributed by atoms with E-state index in [4.69, 9.17) is 4.74 Å². The molecule has 18 heavy (non-hydrogen) atoms. The van der Waals surface area contributed by atoms with E-state index in [-0.39, 0.29) is 12.0 Å². The van der Waals surface area contributed by atoms with Crippen LogP contribution in [0.4, 0.5) is 14.9 Å². The van der Waals surface area contributed by atoms with Crippen molar-refractivity contribution in [3.63, 3.8) is 0 Å². The number of nitrogens with one attached hydrogen (secondary N) is 1. The molecule has 0 aromatic heterocycles. The molecule has 0 saturated heterocycles. The van der Waals surface area contributed by atoms with Gasteiger partial charge in [-0.2, -0.15) is 0 Å². The smallest absolute Gasteiger partial charge is 0.412 e. The summed E-state index contributed by atoms with van der Waals surface area (Å²) in [5, 5.41) is 2.48. The molecule has 0 atom stereocenters. The fourth-order valence-electron chi connectivity index (χ4n) is 1.32. The van der Waals surface area contributed by atoms with Crippen molar-refractivity contribution in [1.29, 1.82) is 0 Å². The molecule has 0 aliphatic heterocycles. The third-order valence-corrected chi connectivity index (χ3v) is 1.99. The molecule has 1 aromatic rings. The average Bonchev–Trinajstić information content (AvgIpc) is 2.20. The quantitative estimate of drug-likeness (QED) is 0.843. The molecule has 0 aliphatic carbocycles. The Morgan fingerprint density at radius 3 is 2.67 bits per heavy atom. The molecule has 0 bridgehead atoms. The Balaban J connectivity index is 2.76. The molecular weight excluding hydrogens is 237 g/mol. The maximum atomic E-state index is 13.3. The summed E-state index contributed by atoms with van der Waals surface area (Å²) in [6.45, 7) is 5.24. The van der Waals surface area contributed by atoms with E-state index in [1.165, 1.54) is 18.2 Å². The molecule has 98 valence electrons. The van der Waals surface area contributed by atoms with Crippen molar-refractivity contribution >= 4 is 18.1 Å². The molecule has 0 aliphatic rings. The Morgan fingerprint density at radius 1 is 1.44 bits per heavy atom. The van der Waals surface area contributed by atoms with Crippen LogP contribution in [0.3, 0.4) is 0 Å². The molecule has 0 saturated carbocycles. The number of aldehydes is 1. The van der Waals surface area contributed by atoms with Gasteiger partial charge in [-0.15, -0.1) is 0 Å². The first-order valence-electron chi connectivity index (χ1n) is 5.54. The minimum Gasteiger partial charge on any atom is -0.444 e. The highest BCUT2D eigenvalue weighted by molar-refractivity contribution is 5.85. The molecule has 5 heteroatoms. The zero-order valence-electron chi connectivity index (χ0n) is 10.6. The van der Waals surface area contributed by atoms with Gasteiger partial charge in [0, 0.05) is 12.1 Å². The van der Waals surface area contributed by atoms with Crippen molar-refractivity contribution in [3.05, 3.63) is 29.6 Å². The molecule has 1 N–H and O–H groups in total. The van der Waals surface area contributed by atoms with Crippen LogP contribution >= 0.6 is 0 Å². The first-order chi connectivity index (χ1) is 8.31. The van der Waals surface area contributed by atoms with Crippen LogP contribution in [-0.4, -0.2) is 18.0 Å². The number of carbonyl (C=O) groups excluding carboxylic acids is 2. The molecule has 0 radical (unpaired) electrons. The second-order valence-electron chi connectivity index (χ2n) is 4.80. The minimum atomic E-state index is -0.619. The second-order valence-corrected chi connectivity index (χ2v) is 4.80. The average molecular weight is 253 g/mol. The Labute approximate surface area is 105 Å². The largest absolute Gasteiger partial charge is 0.444 e. The fraction of sp³-hybridized carbons (Fsp3) is 0.385. The number of rotatable bonds is 3. The van der Waals surface area contributed by atoms with Crippen LogP contribution in [0.15, 0.2) is 18.2 Å². The number of benzene rings is 1. The zero-order valence-corrected chi connectivity index (χ0v) is 10.6. The predicted molar refractivity (Wildman–Crippen MR) is 66.0 cm³/mol. The predicted octanol–water partition coefficient (Wildman–Crippen LogP) is 2.91. The van der Waals surface area contributed by atoms with E-state index >= 15 is 0 Å². The van der Waals surface area contributed by atoms with Gasteiger partial charge in [0.05, 0.1) is 0 Å². The van der Waals surface area contributed by atoms with Crippen LogP contribution in [0, 0.1) is 5.82 Å². The zero-order chi connectivity index (χ0) is 13.8. The SMILES string of the molecule is CC(C)(C)OC(=O)Nc1ccc(F)c(CC=O)c1. The molecular formula is C13H16FNO3. The highest BCUT2D eigenvalue weighted by Crippen LogP contribution is 2.16. The highest BCUT2D eigenvalue weighted by Gasteiger charge is 2.16. The van der Waals surface area contributed by atoms with E-state index in [2.05, 4.69) is 5.32 Å². The molecule has 1 aromatic carbocycles. The maximum Gasteiger partial charge on any atom is 0.412 e. The third kappa shape index (κ3) is 4.53. The Kier molecular flexibility index (Phi) is 4.42. The summed E-state index contributed by atoms with van der Waals surface area (Å²) in [6.07, 6.45) is -0.0446. The lowest BCUT2D eigenvalue weighted by Gasteiger charge is -2.19. The lowest BCUT2D eigenvalue weighted by molar-refractivity contribution is -0.107. The number of halogens is 1. The lowest BCUT2D eigenvalue weighted by atomic mass is 10.1. The van der Waals surface area contributed by atoms with Gasteiger partial charge in [0.1, 0.15) is 17.7 Å². The summed E-state index contributed by atoms with van der Waals surface area (Å²) in [5.74, 6) is -0.475. The van der Waals surface area contributed by atoms with E-state index in [1.54, 1.807) is 20.8 Å². The standard InChI is InChI=1S/C13H16FNO3/c1-13(2,3)18-12(17)15-10-4-5-11(14)9(8-10)6-7-16/h4-5,7-8H,6H2,1-3H3,(H,15,17). The Morgan fingerprint density at radius 2 is 2.11 bits per heavy atom. The minimum absolute atomic E-state index is 0.0321. The van der Waals surface area contributed by atoms with Gasteiger partial charge in [-0.1, -0.05) is 0 Å². The summed E-state index contributed by atoms with van der Waals surface area (Å²) >= 11 is 0. The van der Waals surface area contributed by atoms with E-state index in [0.717, 1.165) is 0 Å². The topological polar surface area (TPSA) is 55.4 Å². The normalized spacial score (nSPS) is 10.9. The van der Waals surface area contributed by atoms with Crippen LogP contribution in [0.2, 0.25) is 0 Å². The van der Waals surface area contributed by atoms with E-state index < -0.39 is 17.5 Å². The summed E-state index contributed by atoms with van der Waals surface area (Å²) in [4.78, 5) is 21.9. The number of ether oxygens (including phenoxy) is 1. The fourth-order valence-corrected chi connectivity index (χ4v) is 1.32. The van der Waals surface area contributed by atoms with Crippen LogP contribution < -0.4 is 5.32 Å². The molecule has 1 amide bonds. The second kappa shape index (κ2) is 5.62. The number of hydrogen-bond donors (Lipinski definition) is 1. The Hall–Kier alpha value is -1.91. The van der Waals surface area contributed by atoms with Gasteiger partial charge in [0.25, 0.3) is 0 Å². The molecule has 1 rings (SSSR count). The van der Waals surface area contributed by atoms with E-state index in [0.29, 0.717) is 12.0 Å². The van der Waals surface area contributed by atoms with Gasteiger partial charge in [-0.25, -0.2) is 9.18 Å². The van der Waals surface area contributed by atoms with Crippen LogP contribution in [-0.2, 0) is 16.0 Å². The van der Waals surface area contributed by atoms with Gasteiger partial charge in [-0.05, 0) is 44.5 Å². The van der Waals surface area contributed by atoms with Gasteiger partial charge in [0.2, 0.25) is 0 Å². The monoisotopic (exact) mass is 253 g/mol. The molecule has 0 heterocycles. The van der Waals surface area contributed by atoms with Crippen molar-refractivity contribution in [2.24, 2.45) is 0 Å². The molecule has 0 spiro atoms. The first-order valence-corrected chi connectivity index (χ1v) is 5.54. The highest BCUT2D eigenvalue weighted by atomic mass is 19.1. The van der Waals surface area contributed by atoms with Crippen molar-refractivity contribution in [2.45, 2.75) is 32.8 Å². The van der Waals surface area contributed by atoms with Gasteiger partial charge >= 0.3 is 6.09 Å². The van der Waals surface area contributed by atoms with Crippen molar-refractivity contribution in [2.75, 3.05) is 5.32 Å². The summed E-state index contributed by atoms with van der Waals surface area (Å²) in [6, 6.07) is 4.02. The number of carbonyl (C=O) groups is 2. The summed E-state index contributed by atoms with van der Waals surface area (Å²) in [7, 11) is 0. The van der Waals surface area contributed by atoms with Crippen LogP contribution in [0.1, 0.15) is 26.3 Å². The van der Waals surface area contributed by atoms with Crippen LogP contribution in [0.25, 0.3) is 0 Å². The Bertz CT molecular complexity index is 452. The maximum absolute atomic E-state index is 13.3. The number of amides is 1.